The Morgan fingerprint density at radius 2 is 1.97 bits per heavy atom. The second-order valence-corrected chi connectivity index (χ2v) is 9.26. The molecule has 2 aromatic carbocycles. The average molecular weight is 496 g/mol. The molecule has 1 aliphatic carbocycles. The van der Waals surface area contributed by atoms with Crippen molar-refractivity contribution in [1.29, 1.82) is 0 Å². The van der Waals surface area contributed by atoms with Crippen LogP contribution in [0.1, 0.15) is 53.2 Å². The highest BCUT2D eigenvalue weighted by atomic mass is 19.1. The molecule has 10 heteroatoms. The maximum absolute atomic E-state index is 14.8. The highest BCUT2D eigenvalue weighted by Crippen LogP contribution is 2.34. The number of benzene rings is 2. The average Bonchev–Trinajstić information content (AvgIpc) is 3.63. The zero-order valence-corrected chi connectivity index (χ0v) is 19.6. The number of carbonyl (C=O) groups excluding carboxylic acids is 2. The van der Waals surface area contributed by atoms with Crippen LogP contribution in [-0.2, 0) is 6.42 Å². The van der Waals surface area contributed by atoms with Gasteiger partial charge in [-0.1, -0.05) is 12.8 Å². The molecule has 1 fully saturated rings. The molecule has 1 aliphatic heterocycles. The number of aliphatic hydroxyl groups excluding tert-OH is 1. The zero-order chi connectivity index (χ0) is 25.2. The molecule has 0 spiro atoms. The first-order valence-electron chi connectivity index (χ1n) is 12.0. The lowest BCUT2D eigenvalue weighted by Crippen LogP contribution is -2.42. The number of carbonyl (C=O) groups is 2. The Kier molecular flexibility index (Phi) is 6.69. The van der Waals surface area contributed by atoms with E-state index in [2.05, 4.69) is 20.8 Å². The molecule has 188 valence electrons. The highest BCUT2D eigenvalue weighted by Gasteiger charge is 2.29. The second kappa shape index (κ2) is 10.1. The van der Waals surface area contributed by atoms with Gasteiger partial charge in [0, 0.05) is 35.5 Å². The van der Waals surface area contributed by atoms with E-state index in [1.54, 1.807) is 12.3 Å². The van der Waals surface area contributed by atoms with Crippen LogP contribution in [0.25, 0.3) is 11.1 Å². The lowest BCUT2D eigenvalue weighted by Gasteiger charge is -2.23. The monoisotopic (exact) mass is 495 g/mol. The molecule has 0 saturated heterocycles. The van der Waals surface area contributed by atoms with Crippen LogP contribution in [-0.4, -0.2) is 46.4 Å². The van der Waals surface area contributed by atoms with Crippen molar-refractivity contribution >= 4 is 17.6 Å². The van der Waals surface area contributed by atoms with Crippen molar-refractivity contribution in [2.75, 3.05) is 18.1 Å². The van der Waals surface area contributed by atoms with Crippen LogP contribution >= 0.6 is 0 Å². The van der Waals surface area contributed by atoms with E-state index in [1.807, 2.05) is 0 Å². The first kappa shape index (κ1) is 23.9. The van der Waals surface area contributed by atoms with Crippen LogP contribution < -0.4 is 15.5 Å². The van der Waals surface area contributed by atoms with Crippen LogP contribution in [0.3, 0.4) is 0 Å². The summed E-state index contributed by atoms with van der Waals surface area (Å²) >= 11 is 0. The number of aliphatic hydroxyl groups is 1. The minimum atomic E-state index is -0.953. The number of aromatic nitrogens is 2. The van der Waals surface area contributed by atoms with Gasteiger partial charge in [-0.25, -0.2) is 13.6 Å². The van der Waals surface area contributed by atoms with E-state index in [4.69, 9.17) is 0 Å². The number of hydrogen-bond donors (Lipinski definition) is 4. The van der Waals surface area contributed by atoms with Gasteiger partial charge in [-0.15, -0.1) is 0 Å². The molecule has 0 bridgehead atoms. The van der Waals surface area contributed by atoms with Crippen molar-refractivity contribution in [3.05, 3.63) is 71.1 Å². The van der Waals surface area contributed by atoms with Crippen molar-refractivity contribution in [1.82, 2.24) is 20.8 Å². The minimum Gasteiger partial charge on any atom is -0.394 e. The summed E-state index contributed by atoms with van der Waals surface area (Å²) in [6.45, 7) is -0.181. The molecule has 1 aromatic heterocycles. The Morgan fingerprint density at radius 3 is 2.69 bits per heavy atom. The Hall–Kier alpha value is -3.79. The van der Waals surface area contributed by atoms with Crippen molar-refractivity contribution in [2.45, 2.75) is 44.2 Å². The van der Waals surface area contributed by atoms with E-state index >= 15 is 0 Å². The largest absolute Gasteiger partial charge is 0.394 e. The smallest absolute Gasteiger partial charge is 0.322 e. The molecule has 2 aliphatic rings. The topological polar surface area (TPSA) is 110 Å². The van der Waals surface area contributed by atoms with E-state index in [0.717, 1.165) is 37.3 Å². The molecule has 1 saturated carbocycles. The molecule has 3 aromatic rings. The normalized spacial score (nSPS) is 16.1. The molecule has 0 unspecified atom stereocenters. The molecule has 2 heterocycles. The summed E-state index contributed by atoms with van der Waals surface area (Å²) in [6, 6.07) is 5.38. The summed E-state index contributed by atoms with van der Waals surface area (Å²) in [7, 11) is 0. The van der Waals surface area contributed by atoms with Crippen molar-refractivity contribution in [3.8, 4) is 11.1 Å². The Balaban J connectivity index is 1.33. The zero-order valence-electron chi connectivity index (χ0n) is 19.6. The van der Waals surface area contributed by atoms with Crippen LogP contribution in [0.4, 0.5) is 19.3 Å². The Labute approximate surface area is 206 Å². The third kappa shape index (κ3) is 4.81. The van der Waals surface area contributed by atoms with Gasteiger partial charge in [-0.2, -0.15) is 5.10 Å². The van der Waals surface area contributed by atoms with Crippen LogP contribution in [0.2, 0.25) is 0 Å². The first-order valence-corrected chi connectivity index (χ1v) is 12.0. The molecule has 1 atom stereocenters. The number of amides is 3. The molecule has 4 N–H and O–H groups in total. The molecule has 8 nitrogen and oxygen atoms in total. The van der Waals surface area contributed by atoms with Gasteiger partial charge in [0.1, 0.15) is 11.6 Å². The summed E-state index contributed by atoms with van der Waals surface area (Å²) in [6.07, 6.45) is 7.53. The van der Waals surface area contributed by atoms with E-state index in [-0.39, 0.29) is 23.1 Å². The maximum atomic E-state index is 14.8. The van der Waals surface area contributed by atoms with Gasteiger partial charge in [-0.3, -0.25) is 14.8 Å². The fraction of sp³-hybridized carbons (Fsp3) is 0.346. The van der Waals surface area contributed by atoms with E-state index in [0.29, 0.717) is 29.8 Å². The van der Waals surface area contributed by atoms with Crippen molar-refractivity contribution in [2.24, 2.45) is 0 Å². The number of nitrogens with zero attached hydrogens (tertiary/aromatic N) is 2. The van der Waals surface area contributed by atoms with Gasteiger partial charge in [0.15, 0.2) is 0 Å². The summed E-state index contributed by atoms with van der Waals surface area (Å²) in [5, 5.41) is 22.1. The summed E-state index contributed by atoms with van der Waals surface area (Å²) in [4.78, 5) is 27.2. The fourth-order valence-electron chi connectivity index (χ4n) is 4.99. The molecular weight excluding hydrogens is 468 g/mol. The third-order valence-electron chi connectivity index (χ3n) is 6.87. The van der Waals surface area contributed by atoms with E-state index in [9.17, 15) is 23.5 Å². The number of urea groups is 1. The lowest BCUT2D eigenvalue weighted by molar-refractivity contribution is 0.0937. The van der Waals surface area contributed by atoms with Crippen LogP contribution in [0.5, 0.6) is 0 Å². The summed E-state index contributed by atoms with van der Waals surface area (Å²) in [5.74, 6) is -1.52. The van der Waals surface area contributed by atoms with Crippen molar-refractivity contribution < 1.29 is 23.5 Å². The van der Waals surface area contributed by atoms with Gasteiger partial charge >= 0.3 is 6.03 Å². The number of rotatable bonds is 6. The van der Waals surface area contributed by atoms with Gasteiger partial charge in [-0.05, 0) is 60.7 Å². The van der Waals surface area contributed by atoms with Gasteiger partial charge in [0.2, 0.25) is 0 Å². The van der Waals surface area contributed by atoms with Crippen LogP contribution in [0.15, 0.2) is 42.7 Å². The van der Waals surface area contributed by atoms with Gasteiger partial charge in [0.25, 0.3) is 5.91 Å². The number of halogens is 2. The molecule has 0 radical (unpaired) electrons. The number of aromatic amines is 1. The standard InChI is InChI=1S/C26H27F2N5O3/c27-19-8-16(7-17(9-19)25(35)31-20-3-1-2-4-20)23(14-34)32-26(36)33-6-5-15-10-21(18-12-29-30-13-18)22(28)11-24(15)33/h7-13,20,23,34H,1-6,14H2,(H,29,30)(H,31,35)(H,32,36)/t23-/m0/s1. The number of anilines is 1. The molecular formula is C26H27F2N5O3. The highest BCUT2D eigenvalue weighted by molar-refractivity contribution is 5.96. The third-order valence-corrected chi connectivity index (χ3v) is 6.87. The SMILES string of the molecule is O=C(NC1CCCC1)c1cc(F)cc([C@H](CO)NC(=O)N2CCc3cc(-c4cn[nH]c4)c(F)cc32)c1. The minimum absolute atomic E-state index is 0.0715. The maximum Gasteiger partial charge on any atom is 0.322 e. The molecule has 5 rings (SSSR count). The van der Waals surface area contributed by atoms with Gasteiger partial charge in [0.05, 0.1) is 24.5 Å². The summed E-state index contributed by atoms with van der Waals surface area (Å²) < 4.78 is 29.2. The Morgan fingerprint density at radius 1 is 1.17 bits per heavy atom. The van der Waals surface area contributed by atoms with Crippen molar-refractivity contribution in [3.63, 3.8) is 0 Å². The second-order valence-electron chi connectivity index (χ2n) is 9.26. The van der Waals surface area contributed by atoms with E-state index in [1.165, 1.54) is 29.3 Å². The lowest BCUT2D eigenvalue weighted by atomic mass is 10.0. The number of fused-ring (bicyclic) bond motifs is 1. The van der Waals surface area contributed by atoms with Gasteiger partial charge < -0.3 is 15.7 Å². The van der Waals surface area contributed by atoms with E-state index < -0.39 is 30.3 Å². The summed E-state index contributed by atoms with van der Waals surface area (Å²) in [5.41, 5.74) is 2.64. The fourth-order valence-corrected chi connectivity index (χ4v) is 4.99. The molecule has 3 amide bonds. The predicted molar refractivity (Wildman–Crippen MR) is 130 cm³/mol. The first-order chi connectivity index (χ1) is 17.4. The predicted octanol–water partition coefficient (Wildman–Crippen LogP) is 3.83. The molecule has 36 heavy (non-hydrogen) atoms. The number of H-pyrrole nitrogens is 1. The quantitative estimate of drug-likeness (QED) is 0.417. The van der Waals surface area contributed by atoms with Crippen LogP contribution in [0, 0.1) is 11.6 Å². The number of nitrogens with one attached hydrogen (secondary N) is 3. The Bertz CT molecular complexity index is 1270. The number of hydrogen-bond acceptors (Lipinski definition) is 4.